The molecule has 0 fully saturated rings. The lowest BCUT2D eigenvalue weighted by Crippen LogP contribution is -3.00. The molecule has 1 aromatic carbocycles. The zero-order valence-electron chi connectivity index (χ0n) is 11.7. The normalized spacial score (nSPS) is 11.4. The molecule has 4 heteroatoms. The van der Waals surface area contributed by atoms with Gasteiger partial charge in [-0.15, -0.1) is 0 Å². The smallest absolute Gasteiger partial charge is 0.119 e. The molecule has 2 aromatic rings. The molecule has 0 bridgehead atoms. The molecule has 1 heterocycles. The molecule has 0 aliphatic carbocycles. The van der Waals surface area contributed by atoms with Crippen LogP contribution >= 0.6 is 0 Å². The predicted molar refractivity (Wildman–Crippen MR) is 71.2 cm³/mol. The van der Waals surface area contributed by atoms with Gasteiger partial charge in [0, 0.05) is 18.0 Å². The van der Waals surface area contributed by atoms with Gasteiger partial charge in [-0.05, 0) is 24.3 Å². The molecule has 0 atom stereocenters. The molecule has 0 unspecified atom stereocenters. The van der Waals surface area contributed by atoms with Crippen LogP contribution in [0.25, 0.3) is 10.9 Å². The number of quaternary nitrogens is 1. The van der Waals surface area contributed by atoms with Crippen LogP contribution in [-0.2, 0) is 13.6 Å². The molecular weight excluding hydrogens is 339 g/mol. The number of hydrogen-bond donors (Lipinski definition) is 0. The number of benzene rings is 1. The van der Waals surface area contributed by atoms with Crippen LogP contribution in [0, 0.1) is 0 Å². The van der Waals surface area contributed by atoms with Gasteiger partial charge in [-0.1, -0.05) is 0 Å². The van der Waals surface area contributed by atoms with Gasteiger partial charge in [-0.2, -0.15) is 0 Å². The monoisotopic (exact) mass is 360 g/mol. The Hall–Kier alpha value is -0.750. The Labute approximate surface area is 126 Å². The number of halogens is 1. The first-order valence-corrected chi connectivity index (χ1v) is 5.83. The SMILES string of the molecule is COc1ccc2c(c1)cc(C[N+](C)(C)C)n2C.[I-]. The summed E-state index contributed by atoms with van der Waals surface area (Å²) < 4.78 is 8.45. The van der Waals surface area contributed by atoms with E-state index in [4.69, 9.17) is 4.74 Å². The molecule has 18 heavy (non-hydrogen) atoms. The van der Waals surface area contributed by atoms with Gasteiger partial charge >= 0.3 is 0 Å². The summed E-state index contributed by atoms with van der Waals surface area (Å²) in [4.78, 5) is 0. The molecule has 0 amide bonds. The molecule has 1 aromatic heterocycles. The number of aryl methyl sites for hydroxylation is 1. The second-order valence-electron chi connectivity index (χ2n) is 5.57. The average molecular weight is 360 g/mol. The molecule has 0 aliphatic rings. The topological polar surface area (TPSA) is 14.2 Å². The minimum atomic E-state index is 0. The van der Waals surface area contributed by atoms with E-state index in [0.29, 0.717) is 0 Å². The van der Waals surface area contributed by atoms with Gasteiger partial charge in [0.1, 0.15) is 12.3 Å². The van der Waals surface area contributed by atoms with E-state index >= 15 is 0 Å². The van der Waals surface area contributed by atoms with Crippen molar-refractivity contribution in [1.82, 2.24) is 4.57 Å². The van der Waals surface area contributed by atoms with Gasteiger partial charge in [0.15, 0.2) is 0 Å². The summed E-state index contributed by atoms with van der Waals surface area (Å²) >= 11 is 0. The van der Waals surface area contributed by atoms with Crippen LogP contribution in [0.2, 0.25) is 0 Å². The standard InChI is InChI=1S/C14H21N2O.HI/c1-15-12(10-16(2,3)4)8-11-9-13(17-5)6-7-14(11)15;/h6-9H,10H2,1-5H3;1H/q+1;/p-1. The van der Waals surface area contributed by atoms with Gasteiger partial charge in [-0.25, -0.2) is 0 Å². The van der Waals surface area contributed by atoms with E-state index in [2.05, 4.69) is 51.0 Å². The summed E-state index contributed by atoms with van der Waals surface area (Å²) in [5, 5.41) is 1.25. The summed E-state index contributed by atoms with van der Waals surface area (Å²) in [6.07, 6.45) is 0. The van der Waals surface area contributed by atoms with Crippen molar-refractivity contribution >= 4 is 10.9 Å². The summed E-state index contributed by atoms with van der Waals surface area (Å²) in [6, 6.07) is 8.47. The van der Waals surface area contributed by atoms with Gasteiger partial charge in [0.25, 0.3) is 0 Å². The van der Waals surface area contributed by atoms with E-state index < -0.39 is 0 Å². The lowest BCUT2D eigenvalue weighted by Gasteiger charge is -2.24. The van der Waals surface area contributed by atoms with Crippen molar-refractivity contribution in [1.29, 1.82) is 0 Å². The Balaban J connectivity index is 0.00000162. The molecule has 0 aliphatic heterocycles. The van der Waals surface area contributed by atoms with Crippen molar-refractivity contribution in [2.45, 2.75) is 6.54 Å². The largest absolute Gasteiger partial charge is 1.00 e. The number of methoxy groups -OCH3 is 1. The fraction of sp³-hybridized carbons (Fsp3) is 0.429. The van der Waals surface area contributed by atoms with Crippen molar-refractivity contribution in [3.63, 3.8) is 0 Å². The van der Waals surface area contributed by atoms with Crippen LogP contribution in [0.1, 0.15) is 5.69 Å². The summed E-state index contributed by atoms with van der Waals surface area (Å²) in [6.45, 7) is 1.02. The van der Waals surface area contributed by atoms with Gasteiger partial charge in [0.05, 0.1) is 33.9 Å². The highest BCUT2D eigenvalue weighted by atomic mass is 127. The highest BCUT2D eigenvalue weighted by molar-refractivity contribution is 5.82. The fourth-order valence-electron chi connectivity index (χ4n) is 2.15. The molecule has 0 N–H and O–H groups in total. The number of nitrogens with zero attached hydrogens (tertiary/aromatic N) is 2. The van der Waals surface area contributed by atoms with Crippen LogP contribution in [0.15, 0.2) is 24.3 Å². The van der Waals surface area contributed by atoms with Crippen LogP contribution in [0.3, 0.4) is 0 Å². The fourth-order valence-corrected chi connectivity index (χ4v) is 2.15. The van der Waals surface area contributed by atoms with E-state index in [9.17, 15) is 0 Å². The summed E-state index contributed by atoms with van der Waals surface area (Å²) in [7, 11) is 10.5. The van der Waals surface area contributed by atoms with E-state index in [1.54, 1.807) is 7.11 Å². The lowest BCUT2D eigenvalue weighted by atomic mass is 10.2. The van der Waals surface area contributed by atoms with Crippen molar-refractivity contribution in [3.8, 4) is 5.75 Å². The van der Waals surface area contributed by atoms with Gasteiger partial charge in [0.2, 0.25) is 0 Å². The summed E-state index contributed by atoms with van der Waals surface area (Å²) in [5.74, 6) is 0.917. The maximum Gasteiger partial charge on any atom is 0.119 e. The van der Waals surface area contributed by atoms with Crippen LogP contribution in [0.4, 0.5) is 0 Å². The Morgan fingerprint density at radius 2 is 1.83 bits per heavy atom. The maximum atomic E-state index is 5.26. The third-order valence-corrected chi connectivity index (χ3v) is 2.99. The number of fused-ring (bicyclic) bond motifs is 1. The lowest BCUT2D eigenvalue weighted by molar-refractivity contribution is -0.884. The number of hydrogen-bond acceptors (Lipinski definition) is 1. The Kier molecular flexibility index (Phi) is 4.66. The van der Waals surface area contributed by atoms with E-state index in [1.807, 2.05) is 6.07 Å². The van der Waals surface area contributed by atoms with Gasteiger partial charge < -0.3 is 37.8 Å². The Morgan fingerprint density at radius 1 is 1.17 bits per heavy atom. The Bertz CT molecular complexity index is 540. The zero-order valence-corrected chi connectivity index (χ0v) is 13.9. The highest BCUT2D eigenvalue weighted by Gasteiger charge is 2.14. The van der Waals surface area contributed by atoms with Crippen LogP contribution < -0.4 is 28.7 Å². The number of ether oxygens (including phenoxy) is 1. The van der Waals surface area contributed by atoms with Crippen LogP contribution in [0.5, 0.6) is 5.75 Å². The molecule has 3 nitrogen and oxygen atoms in total. The third kappa shape index (κ3) is 3.17. The third-order valence-electron chi connectivity index (χ3n) is 2.99. The number of aromatic nitrogens is 1. The quantitative estimate of drug-likeness (QED) is 0.527. The minimum Gasteiger partial charge on any atom is -1.00 e. The first kappa shape index (κ1) is 15.3. The molecule has 0 spiro atoms. The average Bonchev–Trinajstić information content (AvgIpc) is 2.53. The predicted octanol–water partition coefficient (Wildman–Crippen LogP) is -0.603. The second kappa shape index (κ2) is 5.48. The maximum absolute atomic E-state index is 5.26. The van der Waals surface area contributed by atoms with Crippen molar-refractivity contribution in [2.75, 3.05) is 28.3 Å². The first-order valence-electron chi connectivity index (χ1n) is 5.83. The molecule has 100 valence electrons. The molecule has 0 saturated carbocycles. The van der Waals surface area contributed by atoms with Gasteiger partial charge in [-0.3, -0.25) is 0 Å². The highest BCUT2D eigenvalue weighted by Crippen LogP contribution is 2.24. The minimum absolute atomic E-state index is 0. The van der Waals surface area contributed by atoms with E-state index in [0.717, 1.165) is 16.8 Å². The zero-order chi connectivity index (χ0) is 12.6. The molecular formula is C14H21IN2O. The number of rotatable bonds is 3. The van der Waals surface area contributed by atoms with E-state index in [-0.39, 0.29) is 24.0 Å². The van der Waals surface area contributed by atoms with Crippen molar-refractivity contribution in [3.05, 3.63) is 30.0 Å². The van der Waals surface area contributed by atoms with E-state index in [1.165, 1.54) is 16.6 Å². The van der Waals surface area contributed by atoms with Crippen molar-refractivity contribution < 1.29 is 33.2 Å². The van der Waals surface area contributed by atoms with Crippen LogP contribution in [-0.4, -0.2) is 37.3 Å². The second-order valence-corrected chi connectivity index (χ2v) is 5.57. The molecule has 0 saturated heterocycles. The summed E-state index contributed by atoms with van der Waals surface area (Å²) in [5.41, 5.74) is 2.61. The Morgan fingerprint density at radius 3 is 2.39 bits per heavy atom. The van der Waals surface area contributed by atoms with Crippen molar-refractivity contribution in [2.24, 2.45) is 7.05 Å². The molecule has 2 rings (SSSR count). The molecule has 0 radical (unpaired) electrons. The first-order chi connectivity index (χ1) is 7.90.